The highest BCUT2D eigenvalue weighted by molar-refractivity contribution is 9.10. The summed E-state index contributed by atoms with van der Waals surface area (Å²) < 4.78 is 7.24. The van der Waals surface area contributed by atoms with Crippen molar-refractivity contribution in [1.82, 2.24) is 4.57 Å². The molecular weight excluding hydrogens is 340 g/mol. The molecule has 0 unspecified atom stereocenters. The number of aryl methyl sites for hydroxylation is 1. The lowest BCUT2D eigenvalue weighted by Crippen LogP contribution is -2.22. The number of pyridine rings is 1. The largest absolute Gasteiger partial charge is 0.490 e. The molecule has 0 amide bonds. The Morgan fingerprint density at radius 2 is 2.10 bits per heavy atom. The monoisotopic (exact) mass is 352 g/mol. The summed E-state index contributed by atoms with van der Waals surface area (Å²) in [5.41, 5.74) is 1.01. The van der Waals surface area contributed by atoms with E-state index >= 15 is 0 Å². The van der Waals surface area contributed by atoms with Gasteiger partial charge in [0.15, 0.2) is 5.75 Å². The van der Waals surface area contributed by atoms with Crippen LogP contribution in [-0.2, 0) is 6.54 Å². The number of nitro groups is 1. The van der Waals surface area contributed by atoms with Gasteiger partial charge in [-0.1, -0.05) is 6.07 Å². The van der Waals surface area contributed by atoms with Gasteiger partial charge in [0, 0.05) is 22.3 Å². The van der Waals surface area contributed by atoms with Gasteiger partial charge in [0.2, 0.25) is 0 Å². The van der Waals surface area contributed by atoms with Gasteiger partial charge in [-0.2, -0.15) is 0 Å². The van der Waals surface area contributed by atoms with Gasteiger partial charge in [-0.05, 0) is 40.5 Å². The molecule has 21 heavy (non-hydrogen) atoms. The molecular formula is C14H13BrN2O4. The molecule has 6 nitrogen and oxygen atoms in total. The quantitative estimate of drug-likeness (QED) is 0.626. The van der Waals surface area contributed by atoms with Crippen molar-refractivity contribution in [2.45, 2.75) is 13.5 Å². The van der Waals surface area contributed by atoms with Crippen molar-refractivity contribution in [3.8, 4) is 5.75 Å². The SMILES string of the molecule is COc1ccc(Cn2cc(Br)cc(C)c2=O)cc1[N+](=O)[O-]. The third kappa shape index (κ3) is 3.30. The molecule has 110 valence electrons. The molecule has 0 N–H and O–H groups in total. The number of hydrogen-bond donors (Lipinski definition) is 0. The van der Waals surface area contributed by atoms with Gasteiger partial charge in [-0.15, -0.1) is 0 Å². The molecule has 1 aromatic heterocycles. The Morgan fingerprint density at radius 1 is 1.38 bits per heavy atom. The van der Waals surface area contributed by atoms with Crippen LogP contribution >= 0.6 is 15.9 Å². The number of ether oxygens (including phenoxy) is 1. The number of methoxy groups -OCH3 is 1. The van der Waals surface area contributed by atoms with Crippen LogP contribution in [0.15, 0.2) is 39.7 Å². The molecule has 0 aliphatic heterocycles. The van der Waals surface area contributed by atoms with Crippen molar-refractivity contribution in [2.75, 3.05) is 7.11 Å². The number of aromatic nitrogens is 1. The van der Waals surface area contributed by atoms with Gasteiger partial charge in [0.25, 0.3) is 5.56 Å². The van der Waals surface area contributed by atoms with Crippen molar-refractivity contribution in [1.29, 1.82) is 0 Å². The molecule has 7 heteroatoms. The van der Waals surface area contributed by atoms with Crippen LogP contribution in [0.2, 0.25) is 0 Å². The first-order valence-corrected chi connectivity index (χ1v) is 6.89. The van der Waals surface area contributed by atoms with Gasteiger partial charge >= 0.3 is 5.69 Å². The van der Waals surface area contributed by atoms with Crippen LogP contribution < -0.4 is 10.3 Å². The molecule has 0 atom stereocenters. The van der Waals surface area contributed by atoms with Crippen LogP contribution in [0, 0.1) is 17.0 Å². The second-order valence-electron chi connectivity index (χ2n) is 4.54. The lowest BCUT2D eigenvalue weighted by molar-refractivity contribution is -0.385. The maximum Gasteiger partial charge on any atom is 0.311 e. The Labute approximate surface area is 129 Å². The molecule has 0 spiro atoms. The van der Waals surface area contributed by atoms with Gasteiger partial charge < -0.3 is 9.30 Å². The number of nitro benzene ring substituents is 1. The minimum atomic E-state index is -0.503. The predicted molar refractivity (Wildman–Crippen MR) is 81.9 cm³/mol. The summed E-state index contributed by atoms with van der Waals surface area (Å²) in [5.74, 6) is 0.196. The number of halogens is 1. The van der Waals surface area contributed by atoms with E-state index < -0.39 is 4.92 Å². The van der Waals surface area contributed by atoms with Crippen LogP contribution in [0.25, 0.3) is 0 Å². The first kappa shape index (κ1) is 15.2. The van der Waals surface area contributed by atoms with Crippen LogP contribution in [0.5, 0.6) is 5.75 Å². The fourth-order valence-electron chi connectivity index (χ4n) is 2.03. The predicted octanol–water partition coefficient (Wildman–Crippen LogP) is 2.88. The molecule has 0 saturated heterocycles. The van der Waals surface area contributed by atoms with Gasteiger partial charge in [0.05, 0.1) is 18.6 Å². The van der Waals surface area contributed by atoms with Crippen LogP contribution in [0.1, 0.15) is 11.1 Å². The Balaban J connectivity index is 2.43. The average Bonchev–Trinajstić information content (AvgIpc) is 2.44. The summed E-state index contributed by atoms with van der Waals surface area (Å²) in [4.78, 5) is 22.6. The van der Waals surface area contributed by atoms with E-state index in [1.807, 2.05) is 0 Å². The van der Waals surface area contributed by atoms with E-state index in [1.54, 1.807) is 25.3 Å². The second kappa shape index (κ2) is 6.09. The van der Waals surface area contributed by atoms with Crippen molar-refractivity contribution >= 4 is 21.6 Å². The number of rotatable bonds is 4. The lowest BCUT2D eigenvalue weighted by atomic mass is 10.2. The maximum absolute atomic E-state index is 12.1. The molecule has 1 aromatic carbocycles. The van der Waals surface area contributed by atoms with Gasteiger partial charge in [0.1, 0.15) is 0 Å². The molecule has 0 radical (unpaired) electrons. The highest BCUT2D eigenvalue weighted by Gasteiger charge is 2.15. The number of benzene rings is 1. The van der Waals surface area contributed by atoms with E-state index in [-0.39, 0.29) is 23.5 Å². The van der Waals surface area contributed by atoms with E-state index in [0.29, 0.717) is 11.1 Å². The fourth-order valence-corrected chi connectivity index (χ4v) is 2.62. The zero-order valence-corrected chi connectivity index (χ0v) is 13.1. The van der Waals surface area contributed by atoms with Crippen molar-refractivity contribution in [2.24, 2.45) is 0 Å². The van der Waals surface area contributed by atoms with Crippen molar-refractivity contribution in [3.05, 3.63) is 66.5 Å². The van der Waals surface area contributed by atoms with E-state index in [9.17, 15) is 14.9 Å². The van der Waals surface area contributed by atoms with Crippen molar-refractivity contribution < 1.29 is 9.66 Å². The van der Waals surface area contributed by atoms with Crippen molar-refractivity contribution in [3.63, 3.8) is 0 Å². The Bertz CT molecular complexity index is 755. The molecule has 0 saturated carbocycles. The van der Waals surface area contributed by atoms with Crippen LogP contribution in [0.3, 0.4) is 0 Å². The topological polar surface area (TPSA) is 74.4 Å². The molecule has 0 aliphatic rings. The van der Waals surface area contributed by atoms with E-state index in [1.165, 1.54) is 23.8 Å². The molecule has 2 aromatic rings. The van der Waals surface area contributed by atoms with Crippen LogP contribution in [0.4, 0.5) is 5.69 Å². The standard InChI is InChI=1S/C14H13BrN2O4/c1-9-5-11(15)8-16(14(9)18)7-10-3-4-13(21-2)12(6-10)17(19)20/h3-6,8H,7H2,1-2H3. The minimum Gasteiger partial charge on any atom is -0.490 e. The summed E-state index contributed by atoms with van der Waals surface area (Å²) in [6.07, 6.45) is 1.66. The molecule has 1 heterocycles. The number of hydrogen-bond acceptors (Lipinski definition) is 4. The minimum absolute atomic E-state index is 0.116. The second-order valence-corrected chi connectivity index (χ2v) is 5.45. The van der Waals surface area contributed by atoms with Gasteiger partial charge in [-0.25, -0.2) is 0 Å². The normalized spacial score (nSPS) is 10.4. The summed E-state index contributed by atoms with van der Waals surface area (Å²) in [7, 11) is 1.38. The third-order valence-corrected chi connectivity index (χ3v) is 3.46. The summed E-state index contributed by atoms with van der Waals surface area (Å²) in [6.45, 7) is 1.98. The first-order chi connectivity index (χ1) is 9.92. The molecule has 0 bridgehead atoms. The summed E-state index contributed by atoms with van der Waals surface area (Å²) in [6, 6.07) is 6.38. The zero-order valence-electron chi connectivity index (χ0n) is 11.5. The average molecular weight is 353 g/mol. The molecule has 0 aliphatic carbocycles. The Morgan fingerprint density at radius 3 is 2.71 bits per heavy atom. The van der Waals surface area contributed by atoms with E-state index in [2.05, 4.69) is 15.9 Å². The van der Waals surface area contributed by atoms with E-state index in [0.717, 1.165) is 4.47 Å². The fraction of sp³-hybridized carbons (Fsp3) is 0.214. The Hall–Kier alpha value is -2.15. The smallest absolute Gasteiger partial charge is 0.311 e. The maximum atomic E-state index is 12.1. The third-order valence-electron chi connectivity index (χ3n) is 3.02. The lowest BCUT2D eigenvalue weighted by Gasteiger charge is -2.09. The van der Waals surface area contributed by atoms with Crippen LogP contribution in [-0.4, -0.2) is 16.6 Å². The summed E-state index contributed by atoms with van der Waals surface area (Å²) >= 11 is 3.33. The highest BCUT2D eigenvalue weighted by atomic mass is 79.9. The number of nitrogens with zero attached hydrogens (tertiary/aromatic N) is 2. The van der Waals surface area contributed by atoms with Gasteiger partial charge in [-0.3, -0.25) is 14.9 Å². The van der Waals surface area contributed by atoms with E-state index in [4.69, 9.17) is 4.74 Å². The first-order valence-electron chi connectivity index (χ1n) is 6.10. The highest BCUT2D eigenvalue weighted by Crippen LogP contribution is 2.27. The summed E-state index contributed by atoms with van der Waals surface area (Å²) in [5, 5.41) is 11.0. The zero-order chi connectivity index (χ0) is 15.6. The Kier molecular flexibility index (Phi) is 4.42. The molecule has 0 fully saturated rings. The molecule has 2 rings (SSSR count).